The van der Waals surface area contributed by atoms with Crippen molar-refractivity contribution in [2.45, 2.75) is 12.8 Å². The maximum atomic E-state index is 12.9. The van der Waals surface area contributed by atoms with Crippen LogP contribution in [0.1, 0.15) is 12.0 Å². The topological polar surface area (TPSA) is 37.4 Å². The Labute approximate surface area is 97.0 Å². The lowest BCUT2D eigenvalue weighted by molar-refractivity contribution is -0.139. The SMILES string of the molecule is O=C1CCN(CCc2cc(F)cc(F)c2)C1=O. The van der Waals surface area contributed by atoms with Crippen LogP contribution in [0.4, 0.5) is 8.78 Å². The molecule has 0 bridgehead atoms. The van der Waals surface area contributed by atoms with E-state index in [4.69, 9.17) is 0 Å². The minimum atomic E-state index is -0.635. The van der Waals surface area contributed by atoms with Crippen molar-refractivity contribution < 1.29 is 18.4 Å². The number of rotatable bonds is 3. The molecule has 90 valence electrons. The van der Waals surface area contributed by atoms with Crippen molar-refractivity contribution >= 4 is 11.7 Å². The lowest BCUT2D eigenvalue weighted by Gasteiger charge is -2.14. The van der Waals surface area contributed by atoms with Crippen LogP contribution < -0.4 is 0 Å². The lowest BCUT2D eigenvalue weighted by Crippen LogP contribution is -2.29. The van der Waals surface area contributed by atoms with Gasteiger partial charge in [0.1, 0.15) is 11.6 Å². The molecule has 1 aromatic rings. The van der Waals surface area contributed by atoms with Gasteiger partial charge in [-0.15, -0.1) is 0 Å². The van der Waals surface area contributed by atoms with Crippen LogP contribution in [0, 0.1) is 11.6 Å². The molecule has 0 aliphatic carbocycles. The Morgan fingerprint density at radius 1 is 1.12 bits per heavy atom. The van der Waals surface area contributed by atoms with E-state index < -0.39 is 23.3 Å². The maximum absolute atomic E-state index is 12.9. The van der Waals surface area contributed by atoms with E-state index in [0.717, 1.165) is 6.07 Å². The Kier molecular flexibility index (Phi) is 3.17. The van der Waals surface area contributed by atoms with E-state index in [2.05, 4.69) is 0 Å². The van der Waals surface area contributed by atoms with Crippen LogP contribution in [0.25, 0.3) is 0 Å². The number of ketones is 1. The van der Waals surface area contributed by atoms with Gasteiger partial charge in [0.2, 0.25) is 5.78 Å². The number of halogens is 2. The number of likely N-dealkylation sites (tertiary alicyclic amines) is 1. The fourth-order valence-corrected chi connectivity index (χ4v) is 1.85. The quantitative estimate of drug-likeness (QED) is 0.746. The molecule has 2 rings (SSSR count). The fraction of sp³-hybridized carbons (Fsp3) is 0.333. The van der Waals surface area contributed by atoms with E-state index >= 15 is 0 Å². The van der Waals surface area contributed by atoms with Gasteiger partial charge in [0.05, 0.1) is 0 Å². The van der Waals surface area contributed by atoms with Gasteiger partial charge in [0, 0.05) is 25.6 Å². The number of amides is 1. The molecular formula is C12H11F2NO2. The largest absolute Gasteiger partial charge is 0.335 e. The van der Waals surface area contributed by atoms with Crippen molar-refractivity contribution in [2.24, 2.45) is 0 Å². The van der Waals surface area contributed by atoms with Crippen LogP contribution in [0.15, 0.2) is 18.2 Å². The molecule has 0 radical (unpaired) electrons. The van der Waals surface area contributed by atoms with Crippen molar-refractivity contribution in [1.29, 1.82) is 0 Å². The van der Waals surface area contributed by atoms with Gasteiger partial charge < -0.3 is 4.90 Å². The molecule has 0 aromatic heterocycles. The van der Waals surface area contributed by atoms with E-state index in [1.165, 1.54) is 17.0 Å². The minimum absolute atomic E-state index is 0.232. The molecular weight excluding hydrogens is 228 g/mol. The standard InChI is InChI=1S/C12H11F2NO2/c13-9-5-8(6-10(14)7-9)1-3-15-4-2-11(16)12(15)17/h5-7H,1-4H2. The molecule has 1 aliphatic rings. The average molecular weight is 239 g/mol. The van der Waals surface area contributed by atoms with Crippen LogP contribution in [-0.2, 0) is 16.0 Å². The first-order valence-corrected chi connectivity index (χ1v) is 5.33. The van der Waals surface area contributed by atoms with Gasteiger partial charge in [0.25, 0.3) is 5.91 Å². The Hall–Kier alpha value is -1.78. The molecule has 1 aliphatic heterocycles. The van der Waals surface area contributed by atoms with Crippen molar-refractivity contribution in [1.82, 2.24) is 4.90 Å². The van der Waals surface area contributed by atoms with E-state index in [1.807, 2.05) is 0 Å². The molecule has 1 saturated heterocycles. The van der Waals surface area contributed by atoms with Crippen molar-refractivity contribution in [3.05, 3.63) is 35.4 Å². The van der Waals surface area contributed by atoms with Crippen LogP contribution in [0.2, 0.25) is 0 Å². The van der Waals surface area contributed by atoms with Crippen molar-refractivity contribution in [3.63, 3.8) is 0 Å². The van der Waals surface area contributed by atoms with E-state index in [1.54, 1.807) is 0 Å². The Morgan fingerprint density at radius 2 is 1.76 bits per heavy atom. The number of benzene rings is 1. The van der Waals surface area contributed by atoms with Crippen molar-refractivity contribution in [2.75, 3.05) is 13.1 Å². The molecule has 0 unspecified atom stereocenters. The zero-order chi connectivity index (χ0) is 12.4. The number of hydrogen-bond acceptors (Lipinski definition) is 2. The molecule has 1 amide bonds. The maximum Gasteiger partial charge on any atom is 0.290 e. The predicted octanol–water partition coefficient (Wildman–Crippen LogP) is 1.31. The Bertz CT molecular complexity index is 453. The summed E-state index contributed by atoms with van der Waals surface area (Å²) in [7, 11) is 0. The van der Waals surface area contributed by atoms with Gasteiger partial charge >= 0.3 is 0 Å². The Balaban J connectivity index is 1.98. The van der Waals surface area contributed by atoms with Crippen LogP contribution in [0.3, 0.4) is 0 Å². The zero-order valence-electron chi connectivity index (χ0n) is 9.08. The zero-order valence-corrected chi connectivity index (χ0v) is 9.08. The molecule has 0 N–H and O–H groups in total. The summed E-state index contributed by atoms with van der Waals surface area (Å²) in [4.78, 5) is 23.7. The lowest BCUT2D eigenvalue weighted by atomic mass is 10.1. The molecule has 0 atom stereocenters. The van der Waals surface area contributed by atoms with Gasteiger partial charge in [-0.05, 0) is 24.1 Å². The summed E-state index contributed by atoms with van der Waals surface area (Å²) in [5.74, 6) is -2.16. The molecule has 0 spiro atoms. The highest BCUT2D eigenvalue weighted by molar-refractivity contribution is 6.37. The molecule has 0 saturated carbocycles. The van der Waals surface area contributed by atoms with E-state index in [-0.39, 0.29) is 6.42 Å². The Morgan fingerprint density at radius 3 is 2.29 bits per heavy atom. The number of hydrogen-bond donors (Lipinski definition) is 0. The smallest absolute Gasteiger partial charge is 0.290 e. The summed E-state index contributed by atoms with van der Waals surface area (Å²) in [6.07, 6.45) is 0.573. The first-order valence-electron chi connectivity index (χ1n) is 5.33. The first kappa shape index (κ1) is 11.7. The predicted molar refractivity (Wildman–Crippen MR) is 56.3 cm³/mol. The molecule has 3 nitrogen and oxygen atoms in total. The first-order chi connectivity index (χ1) is 8.06. The summed E-state index contributed by atoms with van der Waals surface area (Å²) >= 11 is 0. The highest BCUT2D eigenvalue weighted by atomic mass is 19.1. The average Bonchev–Trinajstić information content (AvgIpc) is 2.56. The molecule has 1 fully saturated rings. The molecule has 5 heteroatoms. The van der Waals surface area contributed by atoms with Gasteiger partial charge in [-0.1, -0.05) is 0 Å². The number of carbonyl (C=O) groups is 2. The highest BCUT2D eigenvalue weighted by Crippen LogP contribution is 2.11. The molecule has 17 heavy (non-hydrogen) atoms. The summed E-state index contributed by atoms with van der Waals surface area (Å²) in [6.45, 7) is 0.711. The summed E-state index contributed by atoms with van der Waals surface area (Å²) < 4.78 is 25.8. The van der Waals surface area contributed by atoms with Crippen molar-refractivity contribution in [3.8, 4) is 0 Å². The van der Waals surface area contributed by atoms with Crippen LogP contribution in [-0.4, -0.2) is 29.7 Å². The van der Waals surface area contributed by atoms with Gasteiger partial charge in [-0.25, -0.2) is 8.78 Å². The third kappa shape index (κ3) is 2.67. The number of carbonyl (C=O) groups excluding carboxylic acids is 2. The summed E-state index contributed by atoms with van der Waals surface area (Å²) in [5.41, 5.74) is 0.481. The summed E-state index contributed by atoms with van der Waals surface area (Å²) in [6, 6.07) is 3.25. The van der Waals surface area contributed by atoms with E-state index in [0.29, 0.717) is 25.1 Å². The normalized spacial score (nSPS) is 15.8. The third-order valence-electron chi connectivity index (χ3n) is 2.73. The second-order valence-electron chi connectivity index (χ2n) is 3.99. The highest BCUT2D eigenvalue weighted by Gasteiger charge is 2.28. The number of Topliss-reactive ketones (excluding diaryl/α,β-unsaturated/α-hetero) is 1. The minimum Gasteiger partial charge on any atom is -0.335 e. The van der Waals surface area contributed by atoms with Gasteiger partial charge in [-0.2, -0.15) is 0 Å². The van der Waals surface area contributed by atoms with Crippen LogP contribution >= 0.6 is 0 Å². The molecule has 1 aromatic carbocycles. The monoisotopic (exact) mass is 239 g/mol. The number of nitrogens with zero attached hydrogens (tertiary/aromatic N) is 1. The molecule has 1 heterocycles. The second-order valence-corrected chi connectivity index (χ2v) is 3.99. The van der Waals surface area contributed by atoms with Crippen LogP contribution in [0.5, 0.6) is 0 Å². The van der Waals surface area contributed by atoms with E-state index in [9.17, 15) is 18.4 Å². The third-order valence-corrected chi connectivity index (χ3v) is 2.73. The fourth-order valence-electron chi connectivity index (χ4n) is 1.85. The summed E-state index contributed by atoms with van der Waals surface area (Å²) in [5, 5.41) is 0. The van der Waals surface area contributed by atoms with Gasteiger partial charge in [0.15, 0.2) is 0 Å². The van der Waals surface area contributed by atoms with Gasteiger partial charge in [-0.3, -0.25) is 9.59 Å². The second kappa shape index (κ2) is 4.61.